The van der Waals surface area contributed by atoms with E-state index in [-0.39, 0.29) is 0 Å². The summed E-state index contributed by atoms with van der Waals surface area (Å²) in [5.41, 5.74) is 2.68. The SMILES string of the molecule is CC(C)CCNc1nc(-c2ccc(C#N)cc2)cs1. The summed E-state index contributed by atoms with van der Waals surface area (Å²) in [5.74, 6) is 0.699. The van der Waals surface area contributed by atoms with Crippen LogP contribution in [0.3, 0.4) is 0 Å². The van der Waals surface area contributed by atoms with Crippen LogP contribution in [0.25, 0.3) is 11.3 Å². The number of nitriles is 1. The molecule has 0 radical (unpaired) electrons. The first-order valence-electron chi connectivity index (χ1n) is 6.39. The summed E-state index contributed by atoms with van der Waals surface area (Å²) in [6.45, 7) is 5.38. The van der Waals surface area contributed by atoms with E-state index in [2.05, 4.69) is 30.2 Å². The van der Waals surface area contributed by atoms with Gasteiger partial charge in [0.05, 0.1) is 17.3 Å². The monoisotopic (exact) mass is 271 g/mol. The Morgan fingerprint density at radius 3 is 2.68 bits per heavy atom. The molecule has 3 nitrogen and oxygen atoms in total. The lowest BCUT2D eigenvalue weighted by Gasteiger charge is -2.04. The molecule has 0 spiro atoms. The number of benzene rings is 1. The fourth-order valence-electron chi connectivity index (χ4n) is 1.67. The highest BCUT2D eigenvalue weighted by molar-refractivity contribution is 7.14. The van der Waals surface area contributed by atoms with Crippen molar-refractivity contribution in [2.24, 2.45) is 5.92 Å². The average molecular weight is 271 g/mol. The molecule has 2 aromatic rings. The predicted molar refractivity (Wildman–Crippen MR) is 80.2 cm³/mol. The number of hydrogen-bond donors (Lipinski definition) is 1. The molecule has 0 bridgehead atoms. The second-order valence-electron chi connectivity index (χ2n) is 4.84. The van der Waals surface area contributed by atoms with Crippen LogP contribution in [0.2, 0.25) is 0 Å². The van der Waals surface area contributed by atoms with Crippen molar-refractivity contribution >= 4 is 16.5 Å². The molecule has 98 valence electrons. The topological polar surface area (TPSA) is 48.7 Å². The van der Waals surface area contributed by atoms with Crippen LogP contribution < -0.4 is 5.32 Å². The molecule has 1 aromatic carbocycles. The van der Waals surface area contributed by atoms with E-state index in [4.69, 9.17) is 5.26 Å². The van der Waals surface area contributed by atoms with Gasteiger partial charge in [-0.05, 0) is 24.5 Å². The van der Waals surface area contributed by atoms with Crippen molar-refractivity contribution in [1.29, 1.82) is 5.26 Å². The van der Waals surface area contributed by atoms with Gasteiger partial charge in [0.2, 0.25) is 0 Å². The first kappa shape index (κ1) is 13.6. The van der Waals surface area contributed by atoms with Gasteiger partial charge in [-0.3, -0.25) is 0 Å². The van der Waals surface area contributed by atoms with Gasteiger partial charge >= 0.3 is 0 Å². The highest BCUT2D eigenvalue weighted by Crippen LogP contribution is 2.25. The van der Waals surface area contributed by atoms with Crippen LogP contribution in [-0.4, -0.2) is 11.5 Å². The molecule has 19 heavy (non-hydrogen) atoms. The zero-order valence-corrected chi connectivity index (χ0v) is 12.0. The molecule has 0 aliphatic heterocycles. The van der Waals surface area contributed by atoms with Gasteiger partial charge < -0.3 is 5.32 Å². The summed E-state index contributed by atoms with van der Waals surface area (Å²) >= 11 is 1.62. The minimum absolute atomic E-state index is 0.675. The van der Waals surface area contributed by atoms with Gasteiger partial charge in [-0.25, -0.2) is 4.98 Å². The van der Waals surface area contributed by atoms with Gasteiger partial charge in [0, 0.05) is 17.5 Å². The van der Waals surface area contributed by atoms with Crippen LogP contribution in [0.15, 0.2) is 29.6 Å². The Kier molecular flexibility index (Phi) is 4.53. The van der Waals surface area contributed by atoms with Crippen molar-refractivity contribution in [3.05, 3.63) is 35.2 Å². The Hall–Kier alpha value is -1.86. The minimum Gasteiger partial charge on any atom is -0.361 e. The van der Waals surface area contributed by atoms with Crippen LogP contribution >= 0.6 is 11.3 Å². The summed E-state index contributed by atoms with van der Waals surface area (Å²) in [6, 6.07) is 9.63. The van der Waals surface area contributed by atoms with Crippen LogP contribution in [-0.2, 0) is 0 Å². The molecule has 0 aliphatic rings. The van der Waals surface area contributed by atoms with Gasteiger partial charge in [0.15, 0.2) is 5.13 Å². The normalized spacial score (nSPS) is 10.4. The van der Waals surface area contributed by atoms with E-state index in [0.29, 0.717) is 11.5 Å². The molecule has 1 N–H and O–H groups in total. The van der Waals surface area contributed by atoms with Crippen molar-refractivity contribution in [1.82, 2.24) is 4.98 Å². The number of anilines is 1. The number of aromatic nitrogens is 1. The van der Waals surface area contributed by atoms with Gasteiger partial charge in [-0.2, -0.15) is 5.26 Å². The second-order valence-corrected chi connectivity index (χ2v) is 5.69. The van der Waals surface area contributed by atoms with Crippen LogP contribution in [0.1, 0.15) is 25.8 Å². The molecule has 0 fully saturated rings. The number of nitrogens with zero attached hydrogens (tertiary/aromatic N) is 2. The van der Waals surface area contributed by atoms with Gasteiger partial charge in [0.25, 0.3) is 0 Å². The van der Waals surface area contributed by atoms with E-state index >= 15 is 0 Å². The largest absolute Gasteiger partial charge is 0.361 e. The standard InChI is InChI=1S/C15H17N3S/c1-11(2)7-8-17-15-18-14(10-19-15)13-5-3-12(9-16)4-6-13/h3-6,10-11H,7-8H2,1-2H3,(H,17,18). The van der Waals surface area contributed by atoms with Gasteiger partial charge in [-0.15, -0.1) is 11.3 Å². The molecule has 0 saturated carbocycles. The molecular weight excluding hydrogens is 254 g/mol. The molecule has 1 heterocycles. The van der Waals surface area contributed by atoms with E-state index in [1.54, 1.807) is 11.3 Å². The lowest BCUT2D eigenvalue weighted by molar-refractivity contribution is 0.607. The van der Waals surface area contributed by atoms with Crippen LogP contribution in [0.5, 0.6) is 0 Å². The second kappa shape index (κ2) is 6.35. The maximum absolute atomic E-state index is 8.77. The maximum Gasteiger partial charge on any atom is 0.183 e. The highest BCUT2D eigenvalue weighted by atomic mass is 32.1. The molecular formula is C15H17N3S. The van der Waals surface area contributed by atoms with Gasteiger partial charge in [0.1, 0.15) is 0 Å². The van der Waals surface area contributed by atoms with Gasteiger partial charge in [-0.1, -0.05) is 26.0 Å². The lowest BCUT2D eigenvalue weighted by atomic mass is 10.1. The summed E-state index contributed by atoms with van der Waals surface area (Å²) in [4.78, 5) is 4.56. The Balaban J connectivity index is 2.01. The third-order valence-electron chi connectivity index (χ3n) is 2.81. The zero-order chi connectivity index (χ0) is 13.7. The first-order valence-corrected chi connectivity index (χ1v) is 7.27. The molecule has 0 unspecified atom stereocenters. The third kappa shape index (κ3) is 3.80. The average Bonchev–Trinajstić information content (AvgIpc) is 2.87. The summed E-state index contributed by atoms with van der Waals surface area (Å²) < 4.78 is 0. The smallest absolute Gasteiger partial charge is 0.183 e. The minimum atomic E-state index is 0.675. The molecule has 0 amide bonds. The van der Waals surface area contributed by atoms with E-state index in [0.717, 1.165) is 29.4 Å². The number of hydrogen-bond acceptors (Lipinski definition) is 4. The van der Waals surface area contributed by atoms with Crippen molar-refractivity contribution in [3.63, 3.8) is 0 Å². The lowest BCUT2D eigenvalue weighted by Crippen LogP contribution is -2.04. The molecule has 4 heteroatoms. The summed E-state index contributed by atoms with van der Waals surface area (Å²) in [7, 11) is 0. The highest BCUT2D eigenvalue weighted by Gasteiger charge is 2.04. The van der Waals surface area contributed by atoms with E-state index in [1.165, 1.54) is 0 Å². The molecule has 0 atom stereocenters. The Bertz CT molecular complexity index is 564. The zero-order valence-electron chi connectivity index (χ0n) is 11.2. The first-order chi connectivity index (χ1) is 9.19. The van der Waals surface area contributed by atoms with Crippen molar-refractivity contribution < 1.29 is 0 Å². The molecule has 0 saturated heterocycles. The molecule has 2 rings (SSSR count). The Morgan fingerprint density at radius 2 is 2.05 bits per heavy atom. The third-order valence-corrected chi connectivity index (χ3v) is 3.61. The Labute approximate surface area is 117 Å². The summed E-state index contributed by atoms with van der Waals surface area (Å²) in [6.07, 6.45) is 1.14. The predicted octanol–water partition coefficient (Wildman–Crippen LogP) is 4.14. The molecule has 1 aromatic heterocycles. The summed E-state index contributed by atoms with van der Waals surface area (Å²) in [5, 5.41) is 15.1. The van der Waals surface area contributed by atoms with Crippen LogP contribution in [0, 0.1) is 17.2 Å². The fraction of sp³-hybridized carbons (Fsp3) is 0.333. The fourth-order valence-corrected chi connectivity index (χ4v) is 2.42. The van der Waals surface area contributed by atoms with Crippen LogP contribution in [0.4, 0.5) is 5.13 Å². The Morgan fingerprint density at radius 1 is 1.32 bits per heavy atom. The van der Waals surface area contributed by atoms with E-state index in [1.807, 2.05) is 29.6 Å². The van der Waals surface area contributed by atoms with E-state index < -0.39 is 0 Å². The number of rotatable bonds is 5. The van der Waals surface area contributed by atoms with Crippen molar-refractivity contribution in [2.45, 2.75) is 20.3 Å². The molecule has 0 aliphatic carbocycles. The van der Waals surface area contributed by atoms with Crippen molar-refractivity contribution in [2.75, 3.05) is 11.9 Å². The van der Waals surface area contributed by atoms with E-state index in [9.17, 15) is 0 Å². The number of nitrogens with one attached hydrogen (secondary N) is 1. The van der Waals surface area contributed by atoms with Crippen molar-refractivity contribution in [3.8, 4) is 17.3 Å². The number of thiazole rings is 1. The quantitative estimate of drug-likeness (QED) is 0.889. The maximum atomic E-state index is 8.77.